The third-order valence-electron chi connectivity index (χ3n) is 2.92. The molecule has 1 aliphatic carbocycles. The highest BCUT2D eigenvalue weighted by Crippen LogP contribution is 2.32. The number of carbonyl (C=O) groups excluding carboxylic acids is 2. The number of rotatable bonds is 2. The number of nitrogens with zero attached hydrogens (tertiary/aromatic N) is 1. The van der Waals surface area contributed by atoms with E-state index in [0.717, 1.165) is 12.8 Å². The van der Waals surface area contributed by atoms with Crippen LogP contribution in [0, 0.1) is 11.3 Å². The molecule has 0 bridgehead atoms. The Morgan fingerprint density at radius 2 is 2.20 bits per heavy atom. The fourth-order valence-electron chi connectivity index (χ4n) is 1.92. The molecule has 1 saturated heterocycles. The standard InChI is InChI=1S/C10H15N3O2/c1-2-7-10(15)12-8(14)5-13(7)9(11)6-3-4-6/h6-7,11H,2-5H2,1H3,(H,12,14,15). The SMILES string of the molecule is CCC1C(=O)NC(=O)CN1C(=N)C1CC1. The van der Waals surface area contributed by atoms with Gasteiger partial charge in [0.15, 0.2) is 0 Å². The van der Waals surface area contributed by atoms with Crippen molar-refractivity contribution in [3.63, 3.8) is 0 Å². The smallest absolute Gasteiger partial charge is 0.249 e. The molecule has 2 N–H and O–H groups in total. The Morgan fingerprint density at radius 3 is 2.73 bits per heavy atom. The molecule has 2 fully saturated rings. The summed E-state index contributed by atoms with van der Waals surface area (Å²) in [5, 5.41) is 10.2. The molecule has 1 aliphatic heterocycles. The van der Waals surface area contributed by atoms with E-state index in [0.29, 0.717) is 12.3 Å². The molecule has 0 spiro atoms. The number of amidine groups is 1. The molecule has 2 aliphatic rings. The lowest BCUT2D eigenvalue weighted by atomic mass is 10.1. The normalized spacial score (nSPS) is 26.5. The van der Waals surface area contributed by atoms with Gasteiger partial charge in [0.25, 0.3) is 0 Å². The number of hydrogen-bond acceptors (Lipinski definition) is 3. The first-order valence-corrected chi connectivity index (χ1v) is 5.32. The highest BCUT2D eigenvalue weighted by Gasteiger charge is 2.39. The molecule has 2 rings (SSSR count). The summed E-state index contributed by atoms with van der Waals surface area (Å²) in [5.41, 5.74) is 0. The van der Waals surface area contributed by atoms with Gasteiger partial charge in [-0.1, -0.05) is 6.92 Å². The number of carbonyl (C=O) groups is 2. The van der Waals surface area contributed by atoms with Crippen LogP contribution in [0.5, 0.6) is 0 Å². The third kappa shape index (κ3) is 1.86. The van der Waals surface area contributed by atoms with Crippen LogP contribution in [0.15, 0.2) is 0 Å². The van der Waals surface area contributed by atoms with E-state index in [1.807, 2.05) is 6.92 Å². The zero-order valence-electron chi connectivity index (χ0n) is 8.75. The molecule has 2 amide bonds. The zero-order valence-corrected chi connectivity index (χ0v) is 8.75. The van der Waals surface area contributed by atoms with Gasteiger partial charge in [0.05, 0.1) is 6.54 Å². The summed E-state index contributed by atoms with van der Waals surface area (Å²) in [7, 11) is 0. The number of imide groups is 1. The highest BCUT2D eigenvalue weighted by molar-refractivity contribution is 6.05. The van der Waals surface area contributed by atoms with Crippen molar-refractivity contribution >= 4 is 17.6 Å². The Hall–Kier alpha value is -1.39. The number of nitrogens with one attached hydrogen (secondary N) is 2. The van der Waals surface area contributed by atoms with Crippen molar-refractivity contribution in [2.45, 2.75) is 32.2 Å². The number of hydrogen-bond donors (Lipinski definition) is 2. The topological polar surface area (TPSA) is 73.3 Å². The molecule has 5 nitrogen and oxygen atoms in total. The average molecular weight is 209 g/mol. The van der Waals surface area contributed by atoms with Crippen molar-refractivity contribution in [3.05, 3.63) is 0 Å². The van der Waals surface area contributed by atoms with Crippen LogP contribution in [0.25, 0.3) is 0 Å². The van der Waals surface area contributed by atoms with Crippen molar-refractivity contribution in [1.29, 1.82) is 5.41 Å². The van der Waals surface area contributed by atoms with Crippen molar-refractivity contribution in [2.75, 3.05) is 6.54 Å². The summed E-state index contributed by atoms with van der Waals surface area (Å²) >= 11 is 0. The fraction of sp³-hybridized carbons (Fsp3) is 0.700. The summed E-state index contributed by atoms with van der Waals surface area (Å²) in [5.74, 6) is 0.178. The lowest BCUT2D eigenvalue weighted by Gasteiger charge is -2.35. The van der Waals surface area contributed by atoms with E-state index >= 15 is 0 Å². The Morgan fingerprint density at radius 1 is 1.53 bits per heavy atom. The second-order valence-electron chi connectivity index (χ2n) is 4.12. The second kappa shape index (κ2) is 3.64. The molecule has 0 aromatic heterocycles. The summed E-state index contributed by atoms with van der Waals surface area (Å²) in [6, 6.07) is -0.337. The van der Waals surface area contributed by atoms with Crippen LogP contribution in [0.4, 0.5) is 0 Å². The van der Waals surface area contributed by atoms with Crippen LogP contribution in [-0.4, -0.2) is 35.1 Å². The van der Waals surface area contributed by atoms with Crippen molar-refractivity contribution in [3.8, 4) is 0 Å². The average Bonchev–Trinajstić information content (AvgIpc) is 2.98. The van der Waals surface area contributed by atoms with Gasteiger partial charge in [0, 0.05) is 5.92 Å². The maximum Gasteiger partial charge on any atom is 0.249 e. The Kier molecular flexibility index (Phi) is 2.46. The first kappa shape index (κ1) is 10.1. The Bertz CT molecular complexity index is 323. The molecule has 5 heteroatoms. The lowest BCUT2D eigenvalue weighted by molar-refractivity contribution is -0.137. The molecule has 0 radical (unpaired) electrons. The zero-order chi connectivity index (χ0) is 11.0. The molecular weight excluding hydrogens is 194 g/mol. The van der Waals surface area contributed by atoms with Gasteiger partial charge in [-0.3, -0.25) is 20.3 Å². The van der Waals surface area contributed by atoms with E-state index in [1.165, 1.54) is 0 Å². The van der Waals surface area contributed by atoms with Crippen LogP contribution in [0.3, 0.4) is 0 Å². The van der Waals surface area contributed by atoms with E-state index in [4.69, 9.17) is 5.41 Å². The van der Waals surface area contributed by atoms with Gasteiger partial charge in [-0.05, 0) is 19.3 Å². The van der Waals surface area contributed by atoms with Crippen LogP contribution in [-0.2, 0) is 9.59 Å². The van der Waals surface area contributed by atoms with E-state index in [9.17, 15) is 9.59 Å². The molecular formula is C10H15N3O2. The molecule has 0 aromatic carbocycles. The van der Waals surface area contributed by atoms with Gasteiger partial charge < -0.3 is 4.90 Å². The van der Waals surface area contributed by atoms with E-state index in [1.54, 1.807) is 4.90 Å². The monoisotopic (exact) mass is 209 g/mol. The molecule has 1 atom stereocenters. The van der Waals surface area contributed by atoms with E-state index in [-0.39, 0.29) is 30.3 Å². The minimum Gasteiger partial charge on any atom is -0.339 e. The quantitative estimate of drug-likeness (QED) is 0.385. The largest absolute Gasteiger partial charge is 0.339 e. The number of piperazine rings is 1. The third-order valence-corrected chi connectivity index (χ3v) is 2.92. The van der Waals surface area contributed by atoms with Gasteiger partial charge in [0.2, 0.25) is 11.8 Å². The van der Waals surface area contributed by atoms with Crippen molar-refractivity contribution in [1.82, 2.24) is 10.2 Å². The summed E-state index contributed by atoms with van der Waals surface area (Å²) in [6.45, 7) is 2.05. The Balaban J connectivity index is 2.14. The molecule has 1 saturated carbocycles. The molecule has 1 unspecified atom stereocenters. The number of amides is 2. The Labute approximate surface area is 88.3 Å². The lowest BCUT2D eigenvalue weighted by Crippen LogP contribution is -2.59. The van der Waals surface area contributed by atoms with E-state index in [2.05, 4.69) is 5.32 Å². The molecule has 0 aromatic rings. The van der Waals surface area contributed by atoms with Gasteiger partial charge in [-0.15, -0.1) is 0 Å². The van der Waals surface area contributed by atoms with Crippen LogP contribution < -0.4 is 5.32 Å². The summed E-state index contributed by atoms with van der Waals surface area (Å²) < 4.78 is 0. The first-order chi connectivity index (χ1) is 7.13. The second-order valence-corrected chi connectivity index (χ2v) is 4.12. The fourth-order valence-corrected chi connectivity index (χ4v) is 1.92. The minimum atomic E-state index is -0.337. The molecule has 15 heavy (non-hydrogen) atoms. The van der Waals surface area contributed by atoms with Gasteiger partial charge in [0.1, 0.15) is 11.9 Å². The van der Waals surface area contributed by atoms with Crippen LogP contribution in [0.1, 0.15) is 26.2 Å². The van der Waals surface area contributed by atoms with Crippen LogP contribution >= 0.6 is 0 Å². The summed E-state index contributed by atoms with van der Waals surface area (Å²) in [6.07, 6.45) is 2.66. The van der Waals surface area contributed by atoms with Gasteiger partial charge in [-0.25, -0.2) is 0 Å². The maximum atomic E-state index is 11.5. The van der Waals surface area contributed by atoms with Crippen molar-refractivity contribution < 1.29 is 9.59 Å². The predicted molar refractivity (Wildman–Crippen MR) is 54.4 cm³/mol. The molecule has 82 valence electrons. The van der Waals surface area contributed by atoms with Crippen molar-refractivity contribution in [2.24, 2.45) is 5.92 Å². The molecule has 1 heterocycles. The minimum absolute atomic E-state index is 0.152. The maximum absolute atomic E-state index is 11.5. The van der Waals surface area contributed by atoms with Gasteiger partial charge in [-0.2, -0.15) is 0 Å². The van der Waals surface area contributed by atoms with E-state index < -0.39 is 0 Å². The highest BCUT2D eigenvalue weighted by atomic mass is 16.2. The van der Waals surface area contributed by atoms with Crippen LogP contribution in [0.2, 0.25) is 0 Å². The first-order valence-electron chi connectivity index (χ1n) is 5.32. The predicted octanol–water partition coefficient (Wildman–Crippen LogP) is 0.111. The summed E-state index contributed by atoms with van der Waals surface area (Å²) in [4.78, 5) is 24.4. The van der Waals surface area contributed by atoms with Gasteiger partial charge >= 0.3 is 0 Å².